The zero-order valence-electron chi connectivity index (χ0n) is 15.0. The van der Waals surface area contributed by atoms with Gasteiger partial charge in [0.2, 0.25) is 0 Å². The van der Waals surface area contributed by atoms with Crippen molar-refractivity contribution in [1.82, 2.24) is 0 Å². The van der Waals surface area contributed by atoms with E-state index in [9.17, 15) is 18.0 Å². The zero-order valence-corrected chi connectivity index (χ0v) is 15.0. The summed E-state index contributed by atoms with van der Waals surface area (Å²) in [4.78, 5) is 11.2. The fraction of sp³-hybridized carbons (Fsp3) is 0.471. The summed E-state index contributed by atoms with van der Waals surface area (Å²) in [7, 11) is -0.826. The molecule has 0 aliphatic carbocycles. The third-order valence-corrected chi connectivity index (χ3v) is 4.67. The number of alkyl halides is 3. The summed E-state index contributed by atoms with van der Waals surface area (Å²) in [5.41, 5.74) is 3.44. The predicted molar refractivity (Wildman–Crippen MR) is 91.5 cm³/mol. The highest BCUT2D eigenvalue weighted by molar-refractivity contribution is 6.55. The number of nitrogens with two attached hydrogens (primary N) is 1. The van der Waals surface area contributed by atoms with Crippen molar-refractivity contribution in [3.8, 4) is 0 Å². The minimum Gasteiger partial charge on any atom is -0.478 e. The van der Waals surface area contributed by atoms with Crippen LogP contribution in [0.25, 0.3) is 6.08 Å². The van der Waals surface area contributed by atoms with E-state index in [1.807, 2.05) is 27.7 Å². The highest BCUT2D eigenvalue weighted by Crippen LogP contribution is 2.39. The Balaban J connectivity index is 2.46. The number of carbonyl (C=O) groups is 1. The molecule has 0 spiro atoms. The van der Waals surface area contributed by atoms with Crippen LogP contribution < -0.4 is 5.73 Å². The van der Waals surface area contributed by atoms with Crippen molar-refractivity contribution in [2.75, 3.05) is 6.54 Å². The van der Waals surface area contributed by atoms with E-state index in [1.165, 1.54) is 6.08 Å². The second-order valence-corrected chi connectivity index (χ2v) is 7.16. The van der Waals surface area contributed by atoms with Gasteiger partial charge in [0, 0.05) is 6.54 Å². The van der Waals surface area contributed by atoms with Crippen molar-refractivity contribution in [2.24, 2.45) is 5.73 Å². The molecule has 26 heavy (non-hydrogen) atoms. The maximum atomic E-state index is 13.0. The number of rotatable bonds is 4. The molecule has 3 N–H and O–H groups in total. The van der Waals surface area contributed by atoms with E-state index >= 15 is 0 Å². The number of hydrogen-bond donors (Lipinski definition) is 2. The van der Waals surface area contributed by atoms with Crippen LogP contribution in [0.2, 0.25) is 0 Å². The number of benzene rings is 1. The number of carboxylic acids is 1. The Labute approximate surface area is 150 Å². The Morgan fingerprint density at radius 3 is 2.15 bits per heavy atom. The second-order valence-electron chi connectivity index (χ2n) is 7.16. The molecule has 1 aliphatic heterocycles. The first-order valence-corrected chi connectivity index (χ1v) is 7.98. The van der Waals surface area contributed by atoms with Crippen LogP contribution in [0.3, 0.4) is 0 Å². The maximum Gasteiger partial charge on any atom is 0.491 e. The highest BCUT2D eigenvalue weighted by Gasteiger charge is 2.52. The van der Waals surface area contributed by atoms with Gasteiger partial charge in [-0.05, 0) is 56.9 Å². The van der Waals surface area contributed by atoms with Gasteiger partial charge in [0.25, 0.3) is 0 Å². The minimum atomic E-state index is -4.67. The smallest absolute Gasteiger partial charge is 0.478 e. The molecule has 0 saturated carbocycles. The Hall–Kier alpha value is -1.84. The van der Waals surface area contributed by atoms with E-state index in [4.69, 9.17) is 20.1 Å². The van der Waals surface area contributed by atoms with Crippen LogP contribution in [0, 0.1) is 0 Å². The average molecular weight is 371 g/mol. The highest BCUT2D eigenvalue weighted by atomic mass is 19.4. The predicted octanol–water partition coefficient (Wildman–Crippen LogP) is 3.38. The summed E-state index contributed by atoms with van der Waals surface area (Å²) in [5.74, 6) is -1.45. The fourth-order valence-electron chi connectivity index (χ4n) is 2.45. The Morgan fingerprint density at radius 2 is 1.73 bits per heavy atom. The van der Waals surface area contributed by atoms with Gasteiger partial charge in [0.1, 0.15) is 0 Å². The third-order valence-electron chi connectivity index (χ3n) is 4.67. The first-order chi connectivity index (χ1) is 11.8. The van der Waals surface area contributed by atoms with E-state index in [2.05, 4.69) is 0 Å². The van der Waals surface area contributed by atoms with Crippen molar-refractivity contribution in [2.45, 2.75) is 45.1 Å². The lowest BCUT2D eigenvalue weighted by molar-refractivity contribution is -0.137. The number of aromatic carboxylic acids is 1. The van der Waals surface area contributed by atoms with Gasteiger partial charge in [-0.25, -0.2) is 4.79 Å². The van der Waals surface area contributed by atoms with Crippen LogP contribution in [-0.4, -0.2) is 35.9 Å². The zero-order chi connectivity index (χ0) is 19.9. The molecule has 0 unspecified atom stereocenters. The summed E-state index contributed by atoms with van der Waals surface area (Å²) in [6.07, 6.45) is -3.29. The normalized spacial score (nSPS) is 19.7. The minimum absolute atomic E-state index is 0.0184. The number of halogens is 3. The summed E-state index contributed by atoms with van der Waals surface area (Å²) in [6.45, 7) is 7.35. The van der Waals surface area contributed by atoms with Gasteiger partial charge < -0.3 is 20.1 Å². The average Bonchev–Trinajstić information content (AvgIpc) is 2.71. The quantitative estimate of drug-likeness (QED) is 0.794. The monoisotopic (exact) mass is 371 g/mol. The third kappa shape index (κ3) is 4.11. The molecule has 1 aromatic rings. The van der Waals surface area contributed by atoms with Crippen molar-refractivity contribution in [3.63, 3.8) is 0 Å². The Bertz CT molecular complexity index is 728. The van der Waals surface area contributed by atoms with E-state index in [0.717, 1.165) is 12.1 Å². The molecular weight excluding hydrogens is 350 g/mol. The van der Waals surface area contributed by atoms with Gasteiger partial charge in [-0.2, -0.15) is 13.2 Å². The van der Waals surface area contributed by atoms with Gasteiger partial charge in [-0.3, -0.25) is 0 Å². The van der Waals surface area contributed by atoms with E-state index < -0.39 is 41.6 Å². The molecule has 1 fully saturated rings. The lowest BCUT2D eigenvalue weighted by atomic mass is 9.77. The van der Waals surface area contributed by atoms with Crippen LogP contribution in [0.15, 0.2) is 23.7 Å². The largest absolute Gasteiger partial charge is 0.491 e. The first-order valence-electron chi connectivity index (χ1n) is 7.98. The molecule has 2 rings (SSSR count). The molecule has 9 heteroatoms. The van der Waals surface area contributed by atoms with Crippen molar-refractivity contribution in [1.29, 1.82) is 0 Å². The molecule has 1 heterocycles. The van der Waals surface area contributed by atoms with Crippen LogP contribution >= 0.6 is 0 Å². The topological polar surface area (TPSA) is 81.8 Å². The van der Waals surface area contributed by atoms with E-state index in [1.54, 1.807) is 0 Å². The molecule has 0 atom stereocenters. The van der Waals surface area contributed by atoms with E-state index in [-0.39, 0.29) is 12.1 Å². The van der Waals surface area contributed by atoms with Crippen LogP contribution in [0.4, 0.5) is 13.2 Å². The van der Waals surface area contributed by atoms with Crippen molar-refractivity contribution >= 4 is 19.2 Å². The molecule has 1 saturated heterocycles. The van der Waals surface area contributed by atoms with Gasteiger partial charge in [0.15, 0.2) is 0 Å². The van der Waals surface area contributed by atoms with Crippen LogP contribution in [-0.2, 0) is 15.5 Å². The van der Waals surface area contributed by atoms with Gasteiger partial charge in [0.05, 0.1) is 22.3 Å². The molecular formula is C17H21BF3NO4. The lowest BCUT2D eigenvalue weighted by Gasteiger charge is -2.32. The van der Waals surface area contributed by atoms with Crippen LogP contribution in [0.5, 0.6) is 0 Å². The van der Waals surface area contributed by atoms with Crippen molar-refractivity contribution in [3.05, 3.63) is 40.4 Å². The summed E-state index contributed by atoms with van der Waals surface area (Å²) in [5, 5.41) is 9.08. The molecule has 0 radical (unpaired) electrons. The van der Waals surface area contributed by atoms with Gasteiger partial charge in [-0.1, -0.05) is 6.08 Å². The molecule has 1 aliphatic rings. The first kappa shape index (κ1) is 20.5. The second kappa shape index (κ2) is 6.72. The molecule has 5 nitrogen and oxygen atoms in total. The van der Waals surface area contributed by atoms with Gasteiger partial charge in [-0.15, -0.1) is 0 Å². The Morgan fingerprint density at radius 1 is 1.19 bits per heavy atom. The fourth-order valence-corrected chi connectivity index (χ4v) is 2.45. The molecule has 0 bridgehead atoms. The summed E-state index contributed by atoms with van der Waals surface area (Å²) >= 11 is 0. The van der Waals surface area contributed by atoms with Crippen molar-refractivity contribution < 1.29 is 32.4 Å². The number of hydrogen-bond acceptors (Lipinski definition) is 4. The van der Waals surface area contributed by atoms with Gasteiger partial charge >= 0.3 is 19.3 Å². The SMILES string of the molecule is CC1(C)OB(C(=Cc2cc(C(=O)O)cc(C(F)(F)F)c2)CN)OC1(C)C. The summed E-state index contributed by atoms with van der Waals surface area (Å²) in [6, 6.07) is 2.61. The molecule has 1 aromatic carbocycles. The maximum absolute atomic E-state index is 13.0. The molecule has 0 amide bonds. The molecule has 142 valence electrons. The number of carboxylic acid groups (broad SMARTS) is 1. The molecule has 0 aromatic heterocycles. The van der Waals surface area contributed by atoms with Crippen LogP contribution in [0.1, 0.15) is 49.2 Å². The summed E-state index contributed by atoms with van der Waals surface area (Å²) < 4.78 is 50.9. The standard InChI is InChI=1S/C17H21BF3NO4/c1-15(2)16(3,4)26-18(25-15)13(9-22)7-10-5-11(14(23)24)8-12(6-10)17(19,20)21/h5-8H,9,22H2,1-4H3,(H,23,24). The van der Waals surface area contributed by atoms with E-state index in [0.29, 0.717) is 11.5 Å². The Kier molecular flexibility index (Phi) is 5.29. The lowest BCUT2D eigenvalue weighted by Crippen LogP contribution is -2.41.